The Morgan fingerprint density at radius 1 is 1.47 bits per heavy atom. The zero-order chi connectivity index (χ0) is 13.8. The van der Waals surface area contributed by atoms with Crippen molar-refractivity contribution >= 4 is 33.4 Å². The third-order valence-corrected chi connectivity index (χ3v) is 4.71. The van der Waals surface area contributed by atoms with Gasteiger partial charge in [0, 0.05) is 29.2 Å². The van der Waals surface area contributed by atoms with Crippen LogP contribution in [0, 0.1) is 0 Å². The lowest BCUT2D eigenvalue weighted by Gasteiger charge is -2.37. The molecule has 1 aromatic rings. The van der Waals surface area contributed by atoms with E-state index in [1.165, 1.54) is 6.42 Å². The van der Waals surface area contributed by atoms with Gasteiger partial charge in [-0.3, -0.25) is 4.79 Å². The predicted molar refractivity (Wildman–Crippen MR) is 79.5 cm³/mol. The molecule has 0 aliphatic heterocycles. The van der Waals surface area contributed by atoms with Crippen LogP contribution in [-0.4, -0.2) is 35.1 Å². The van der Waals surface area contributed by atoms with Crippen molar-refractivity contribution in [2.75, 3.05) is 13.2 Å². The normalized spacial score (nSPS) is 15.1. The molecule has 1 aromatic carbocycles. The molecular weight excluding hydrogens is 330 g/mol. The molecule has 1 fully saturated rings. The second-order valence-corrected chi connectivity index (χ2v) is 6.05. The van der Waals surface area contributed by atoms with Crippen molar-refractivity contribution in [3.63, 3.8) is 0 Å². The second-order valence-electron chi connectivity index (χ2n) is 4.79. The molecule has 0 bridgehead atoms. The second kappa shape index (κ2) is 6.73. The first-order valence-corrected chi connectivity index (χ1v) is 7.67. The Balaban J connectivity index is 2.15. The Bertz CT molecular complexity index is 463. The van der Waals surface area contributed by atoms with Crippen molar-refractivity contribution in [3.8, 4) is 0 Å². The number of nitrogens with zero attached hydrogens (tertiary/aromatic N) is 1. The molecule has 0 saturated heterocycles. The molecule has 0 aromatic heterocycles. The lowest BCUT2D eigenvalue weighted by Crippen LogP contribution is -2.45. The minimum Gasteiger partial charge on any atom is -0.396 e. The fourth-order valence-electron chi connectivity index (χ4n) is 2.18. The summed E-state index contributed by atoms with van der Waals surface area (Å²) in [6.45, 7) is 0.723. The summed E-state index contributed by atoms with van der Waals surface area (Å²) in [7, 11) is 0. The number of carbonyl (C=O) groups excluding carboxylic acids is 1. The molecule has 104 valence electrons. The SMILES string of the molecule is O=C(c1ccc(Cl)c(Br)c1)N(CCCO)C1CCC1. The van der Waals surface area contributed by atoms with E-state index < -0.39 is 0 Å². The van der Waals surface area contributed by atoms with E-state index in [0.717, 1.165) is 17.3 Å². The summed E-state index contributed by atoms with van der Waals surface area (Å²) in [5, 5.41) is 9.56. The van der Waals surface area contributed by atoms with Gasteiger partial charge < -0.3 is 10.0 Å². The number of halogens is 2. The van der Waals surface area contributed by atoms with Crippen LogP contribution < -0.4 is 0 Å². The number of carbonyl (C=O) groups is 1. The third-order valence-electron chi connectivity index (χ3n) is 3.50. The van der Waals surface area contributed by atoms with Crippen LogP contribution in [0.4, 0.5) is 0 Å². The number of hydrogen-bond acceptors (Lipinski definition) is 2. The Hall–Kier alpha value is -0.580. The fourth-order valence-corrected chi connectivity index (χ4v) is 2.68. The highest BCUT2D eigenvalue weighted by molar-refractivity contribution is 9.10. The van der Waals surface area contributed by atoms with Gasteiger partial charge >= 0.3 is 0 Å². The van der Waals surface area contributed by atoms with Crippen LogP contribution in [0.1, 0.15) is 36.0 Å². The summed E-state index contributed by atoms with van der Waals surface area (Å²) >= 11 is 9.29. The number of rotatable bonds is 5. The molecule has 0 heterocycles. The van der Waals surface area contributed by atoms with E-state index in [2.05, 4.69) is 15.9 Å². The van der Waals surface area contributed by atoms with Crippen molar-refractivity contribution in [3.05, 3.63) is 33.3 Å². The van der Waals surface area contributed by atoms with E-state index >= 15 is 0 Å². The van der Waals surface area contributed by atoms with Crippen LogP contribution in [0.3, 0.4) is 0 Å². The Kier molecular flexibility index (Phi) is 5.25. The smallest absolute Gasteiger partial charge is 0.254 e. The van der Waals surface area contributed by atoms with Crippen LogP contribution in [0.2, 0.25) is 5.02 Å². The summed E-state index contributed by atoms with van der Waals surface area (Å²) in [5.74, 6) is 0.0236. The molecular formula is C14H17BrClNO2. The third kappa shape index (κ3) is 3.50. The van der Waals surface area contributed by atoms with Crippen LogP contribution in [0.25, 0.3) is 0 Å². The minimum atomic E-state index is 0.0236. The van der Waals surface area contributed by atoms with Gasteiger partial charge in [-0.1, -0.05) is 11.6 Å². The highest BCUT2D eigenvalue weighted by Crippen LogP contribution is 2.28. The average Bonchev–Trinajstić information content (AvgIpc) is 2.34. The molecule has 1 aliphatic carbocycles. The molecule has 0 atom stereocenters. The van der Waals surface area contributed by atoms with E-state index in [1.807, 2.05) is 4.90 Å². The molecule has 5 heteroatoms. The molecule has 1 N–H and O–H groups in total. The lowest BCUT2D eigenvalue weighted by molar-refractivity contribution is 0.0562. The number of aliphatic hydroxyl groups is 1. The largest absolute Gasteiger partial charge is 0.396 e. The van der Waals surface area contributed by atoms with E-state index in [0.29, 0.717) is 29.6 Å². The van der Waals surface area contributed by atoms with Crippen molar-refractivity contribution in [2.24, 2.45) is 0 Å². The average molecular weight is 347 g/mol. The standard InChI is InChI=1S/C14H17BrClNO2/c15-12-9-10(5-6-13(12)16)14(19)17(7-2-8-18)11-3-1-4-11/h5-6,9,11,18H,1-4,7-8H2. The van der Waals surface area contributed by atoms with Crippen LogP contribution in [0.15, 0.2) is 22.7 Å². The quantitative estimate of drug-likeness (QED) is 0.887. The fraction of sp³-hybridized carbons (Fsp3) is 0.500. The van der Waals surface area contributed by atoms with E-state index in [9.17, 15) is 4.79 Å². The van der Waals surface area contributed by atoms with E-state index in [4.69, 9.17) is 16.7 Å². The number of amides is 1. The van der Waals surface area contributed by atoms with Gasteiger partial charge in [0.15, 0.2) is 0 Å². The molecule has 19 heavy (non-hydrogen) atoms. The maximum absolute atomic E-state index is 12.5. The van der Waals surface area contributed by atoms with Crippen molar-refractivity contribution < 1.29 is 9.90 Å². The first-order chi connectivity index (χ1) is 9.13. The van der Waals surface area contributed by atoms with Gasteiger partial charge in [-0.25, -0.2) is 0 Å². The summed E-state index contributed by atoms with van der Waals surface area (Å²) in [6.07, 6.45) is 3.92. The first-order valence-electron chi connectivity index (χ1n) is 6.50. The Labute approximate surface area is 126 Å². The first kappa shape index (κ1) is 14.8. The Morgan fingerprint density at radius 2 is 2.21 bits per heavy atom. The van der Waals surface area contributed by atoms with E-state index in [-0.39, 0.29) is 12.5 Å². The molecule has 2 rings (SSSR count). The predicted octanol–water partition coefficient (Wildman–Crippen LogP) is 3.48. The van der Waals surface area contributed by atoms with Gasteiger partial charge in [0.25, 0.3) is 5.91 Å². The molecule has 1 amide bonds. The highest BCUT2D eigenvalue weighted by atomic mass is 79.9. The molecule has 3 nitrogen and oxygen atoms in total. The summed E-state index contributed by atoms with van der Waals surface area (Å²) in [6, 6.07) is 5.56. The summed E-state index contributed by atoms with van der Waals surface area (Å²) in [4.78, 5) is 14.4. The van der Waals surface area contributed by atoms with Gasteiger partial charge in [-0.05, 0) is 59.8 Å². The van der Waals surface area contributed by atoms with E-state index in [1.54, 1.807) is 18.2 Å². The summed E-state index contributed by atoms with van der Waals surface area (Å²) < 4.78 is 0.732. The van der Waals surface area contributed by atoms with Crippen molar-refractivity contribution in [1.29, 1.82) is 0 Å². The molecule has 0 radical (unpaired) electrons. The topological polar surface area (TPSA) is 40.5 Å². The van der Waals surface area contributed by atoms with Crippen LogP contribution >= 0.6 is 27.5 Å². The maximum Gasteiger partial charge on any atom is 0.254 e. The Morgan fingerprint density at radius 3 is 2.74 bits per heavy atom. The minimum absolute atomic E-state index is 0.0236. The van der Waals surface area contributed by atoms with Gasteiger partial charge in [-0.15, -0.1) is 0 Å². The molecule has 0 spiro atoms. The van der Waals surface area contributed by atoms with Gasteiger partial charge in [0.2, 0.25) is 0 Å². The zero-order valence-electron chi connectivity index (χ0n) is 10.6. The van der Waals surface area contributed by atoms with Crippen molar-refractivity contribution in [1.82, 2.24) is 4.90 Å². The van der Waals surface area contributed by atoms with Gasteiger partial charge in [0.1, 0.15) is 0 Å². The zero-order valence-corrected chi connectivity index (χ0v) is 13.0. The number of aliphatic hydroxyl groups excluding tert-OH is 1. The molecule has 1 aliphatic rings. The van der Waals surface area contributed by atoms with Crippen LogP contribution in [0.5, 0.6) is 0 Å². The van der Waals surface area contributed by atoms with Gasteiger partial charge in [-0.2, -0.15) is 0 Å². The number of hydrogen-bond donors (Lipinski definition) is 1. The van der Waals surface area contributed by atoms with Gasteiger partial charge in [0.05, 0.1) is 5.02 Å². The lowest BCUT2D eigenvalue weighted by atomic mass is 9.91. The van der Waals surface area contributed by atoms with Crippen LogP contribution in [-0.2, 0) is 0 Å². The molecule has 0 unspecified atom stereocenters. The maximum atomic E-state index is 12.5. The molecule has 1 saturated carbocycles. The monoisotopic (exact) mass is 345 g/mol. The van der Waals surface area contributed by atoms with Crippen molar-refractivity contribution in [2.45, 2.75) is 31.7 Å². The highest BCUT2D eigenvalue weighted by Gasteiger charge is 2.29. The number of benzene rings is 1. The summed E-state index contributed by atoms with van der Waals surface area (Å²) in [5.41, 5.74) is 0.640.